The maximum absolute atomic E-state index is 13.4. The van der Waals surface area contributed by atoms with Gasteiger partial charge in [0.1, 0.15) is 5.69 Å². The number of rotatable bonds is 2. The van der Waals surface area contributed by atoms with Gasteiger partial charge in [-0.1, -0.05) is 54.6 Å². The van der Waals surface area contributed by atoms with Gasteiger partial charge in [0.25, 0.3) is 0 Å². The van der Waals surface area contributed by atoms with Gasteiger partial charge >= 0.3 is 0 Å². The lowest BCUT2D eigenvalue weighted by molar-refractivity contribution is 0.0979. The van der Waals surface area contributed by atoms with E-state index in [1.54, 1.807) is 30.3 Å². The molecule has 3 aromatic carbocycles. The second kappa shape index (κ2) is 5.99. The first-order valence-corrected chi connectivity index (χ1v) is 8.64. The Morgan fingerprint density at radius 1 is 0.750 bits per heavy atom. The first-order valence-electron chi connectivity index (χ1n) is 8.64. The summed E-state index contributed by atoms with van der Waals surface area (Å²) in [5.41, 5.74) is 10.2. The minimum absolute atomic E-state index is 0.241. The van der Waals surface area contributed by atoms with Crippen LogP contribution in [0.2, 0.25) is 0 Å². The third-order valence-electron chi connectivity index (χ3n) is 4.92. The molecule has 0 bridgehead atoms. The summed E-state index contributed by atoms with van der Waals surface area (Å²) in [5.74, 6) is -0.491. The number of carbonyl (C=O) groups excluding carboxylic acids is 2. The van der Waals surface area contributed by atoms with E-state index in [-0.39, 0.29) is 22.7 Å². The molecule has 0 radical (unpaired) electrons. The van der Waals surface area contributed by atoms with Gasteiger partial charge in [0.15, 0.2) is 17.8 Å². The van der Waals surface area contributed by atoms with Crippen LogP contribution in [0.15, 0.2) is 71.4 Å². The van der Waals surface area contributed by atoms with Crippen molar-refractivity contribution in [2.24, 2.45) is 0 Å². The number of benzene rings is 3. The Kier molecular flexibility index (Phi) is 3.45. The highest BCUT2D eigenvalue weighted by molar-refractivity contribution is 6.31. The summed E-state index contributed by atoms with van der Waals surface area (Å²) >= 11 is 0. The van der Waals surface area contributed by atoms with Gasteiger partial charge in [-0.2, -0.15) is 0 Å². The van der Waals surface area contributed by atoms with E-state index in [0.717, 1.165) is 5.56 Å². The van der Waals surface area contributed by atoms with Crippen LogP contribution >= 0.6 is 0 Å². The van der Waals surface area contributed by atoms with Gasteiger partial charge in [-0.15, -0.1) is 5.10 Å². The highest BCUT2D eigenvalue weighted by Crippen LogP contribution is 2.43. The van der Waals surface area contributed by atoms with E-state index in [4.69, 9.17) is 10.3 Å². The van der Waals surface area contributed by atoms with Gasteiger partial charge < -0.3 is 10.3 Å². The average Bonchev–Trinajstić information content (AvgIpc) is 3.26. The van der Waals surface area contributed by atoms with Crippen LogP contribution < -0.4 is 5.73 Å². The molecule has 0 saturated carbocycles. The molecule has 1 aliphatic rings. The molecule has 0 spiro atoms. The summed E-state index contributed by atoms with van der Waals surface area (Å²) in [4.78, 5) is 26.5. The molecule has 2 N–H and O–H groups in total. The van der Waals surface area contributed by atoms with Gasteiger partial charge in [0, 0.05) is 44.3 Å². The fraction of sp³-hybridized carbons (Fsp3) is 0. The molecule has 6 nitrogen and oxygen atoms in total. The van der Waals surface area contributed by atoms with E-state index < -0.39 is 0 Å². The zero-order valence-corrected chi connectivity index (χ0v) is 14.5. The molecule has 0 saturated heterocycles. The Labute approximate surface area is 159 Å². The summed E-state index contributed by atoms with van der Waals surface area (Å²) in [6, 6.07) is 17.8. The largest absolute Gasteiger partial charge is 0.398 e. The molecular weight excluding hydrogens is 354 g/mol. The van der Waals surface area contributed by atoms with Crippen LogP contribution in [0.25, 0.3) is 22.4 Å². The quantitative estimate of drug-likeness (QED) is 0.477. The molecule has 0 fully saturated rings. The number of carbonyl (C=O) groups is 2. The summed E-state index contributed by atoms with van der Waals surface area (Å²) in [7, 11) is 0. The summed E-state index contributed by atoms with van der Waals surface area (Å²) < 4.78 is 4.92. The maximum atomic E-state index is 13.4. The molecule has 0 aliphatic heterocycles. The SMILES string of the molecule is Nc1cc2c(c(-c3conn3)c1-c1ccccc1)C(=O)c1ccccc1C2=O. The summed E-state index contributed by atoms with van der Waals surface area (Å²) in [5, 5.41) is 7.54. The molecule has 6 heteroatoms. The molecule has 1 aliphatic carbocycles. The second-order valence-electron chi connectivity index (χ2n) is 6.50. The smallest absolute Gasteiger partial charge is 0.195 e. The Hall–Kier alpha value is -4.06. The number of ketones is 2. The molecular formula is C22H13N3O3. The predicted molar refractivity (Wildman–Crippen MR) is 103 cm³/mol. The predicted octanol–water partition coefficient (Wildman–Crippen LogP) is 3.76. The van der Waals surface area contributed by atoms with Crippen molar-refractivity contribution < 1.29 is 14.1 Å². The van der Waals surface area contributed by atoms with Crippen molar-refractivity contribution in [1.82, 2.24) is 10.4 Å². The van der Waals surface area contributed by atoms with Gasteiger partial charge in [0.05, 0.1) is 0 Å². The van der Waals surface area contributed by atoms with E-state index >= 15 is 0 Å². The van der Waals surface area contributed by atoms with Crippen molar-refractivity contribution in [3.63, 3.8) is 0 Å². The minimum Gasteiger partial charge on any atom is -0.398 e. The number of hydrogen-bond acceptors (Lipinski definition) is 6. The van der Waals surface area contributed by atoms with E-state index in [2.05, 4.69) is 10.4 Å². The van der Waals surface area contributed by atoms with Crippen molar-refractivity contribution in [1.29, 1.82) is 0 Å². The summed E-state index contributed by atoms with van der Waals surface area (Å²) in [6.45, 7) is 0. The highest BCUT2D eigenvalue weighted by atomic mass is 16.5. The lowest BCUT2D eigenvalue weighted by Gasteiger charge is -2.23. The zero-order valence-electron chi connectivity index (χ0n) is 14.5. The molecule has 28 heavy (non-hydrogen) atoms. The normalized spacial score (nSPS) is 12.6. The average molecular weight is 367 g/mol. The molecule has 0 atom stereocenters. The maximum Gasteiger partial charge on any atom is 0.195 e. The van der Waals surface area contributed by atoms with Crippen LogP contribution in [0, 0.1) is 0 Å². The molecule has 134 valence electrons. The first kappa shape index (κ1) is 16.1. The third-order valence-corrected chi connectivity index (χ3v) is 4.92. The molecule has 4 aromatic rings. The van der Waals surface area contributed by atoms with Crippen LogP contribution in [0.4, 0.5) is 5.69 Å². The first-order chi connectivity index (χ1) is 13.7. The Bertz CT molecular complexity index is 1250. The van der Waals surface area contributed by atoms with Crippen LogP contribution in [-0.2, 0) is 0 Å². The van der Waals surface area contributed by atoms with Crippen LogP contribution in [0.5, 0.6) is 0 Å². The van der Waals surface area contributed by atoms with Crippen molar-refractivity contribution in [2.45, 2.75) is 0 Å². The number of nitrogens with zero attached hydrogens (tertiary/aromatic N) is 2. The number of hydrogen-bond donors (Lipinski definition) is 1. The fourth-order valence-electron chi connectivity index (χ4n) is 3.72. The number of aromatic nitrogens is 2. The van der Waals surface area contributed by atoms with Gasteiger partial charge in [-0.05, 0) is 11.6 Å². The summed E-state index contributed by atoms with van der Waals surface area (Å²) in [6.07, 6.45) is 1.35. The van der Waals surface area contributed by atoms with E-state index in [0.29, 0.717) is 33.6 Å². The van der Waals surface area contributed by atoms with Crippen molar-refractivity contribution in [3.05, 3.63) is 89.2 Å². The minimum atomic E-state index is -0.250. The number of anilines is 1. The molecule has 5 rings (SSSR count). The number of fused-ring (bicyclic) bond motifs is 2. The Balaban J connectivity index is 1.91. The van der Waals surface area contributed by atoms with E-state index in [9.17, 15) is 9.59 Å². The van der Waals surface area contributed by atoms with Crippen molar-refractivity contribution >= 4 is 17.3 Å². The second-order valence-corrected chi connectivity index (χ2v) is 6.50. The van der Waals surface area contributed by atoms with Gasteiger partial charge in [0.2, 0.25) is 0 Å². The van der Waals surface area contributed by atoms with E-state index in [1.165, 1.54) is 6.26 Å². The molecule has 0 unspecified atom stereocenters. The van der Waals surface area contributed by atoms with E-state index in [1.807, 2.05) is 30.3 Å². The fourth-order valence-corrected chi connectivity index (χ4v) is 3.72. The third kappa shape index (κ3) is 2.21. The molecule has 1 aromatic heterocycles. The van der Waals surface area contributed by atoms with Crippen LogP contribution in [0.1, 0.15) is 31.8 Å². The van der Waals surface area contributed by atoms with Crippen LogP contribution in [-0.4, -0.2) is 21.9 Å². The molecule has 0 amide bonds. The number of nitrogens with two attached hydrogens (primary N) is 1. The molecule has 1 heterocycles. The Morgan fingerprint density at radius 3 is 2.11 bits per heavy atom. The standard InChI is InChI=1S/C22H13N3O3/c23-16-10-15-19(22(27)14-9-5-4-8-13(14)21(15)26)20(17-11-28-25-24-17)18(16)12-6-2-1-3-7-12/h1-11H,23H2. The lowest BCUT2D eigenvalue weighted by atomic mass is 9.78. The van der Waals surface area contributed by atoms with Crippen molar-refractivity contribution in [2.75, 3.05) is 5.73 Å². The monoisotopic (exact) mass is 367 g/mol. The van der Waals surface area contributed by atoms with Crippen LogP contribution in [0.3, 0.4) is 0 Å². The number of nitrogen functional groups attached to an aromatic ring is 1. The zero-order chi connectivity index (χ0) is 19.3. The van der Waals surface area contributed by atoms with Gasteiger partial charge in [-0.25, -0.2) is 0 Å². The lowest BCUT2D eigenvalue weighted by Crippen LogP contribution is -2.22. The topological polar surface area (TPSA) is 99.1 Å². The van der Waals surface area contributed by atoms with Gasteiger partial charge in [-0.3, -0.25) is 9.59 Å². The Morgan fingerprint density at radius 2 is 1.43 bits per heavy atom. The van der Waals surface area contributed by atoms with Crippen molar-refractivity contribution in [3.8, 4) is 22.4 Å². The highest BCUT2D eigenvalue weighted by Gasteiger charge is 2.35.